The predicted octanol–water partition coefficient (Wildman–Crippen LogP) is 3.51. The van der Waals surface area contributed by atoms with E-state index in [9.17, 15) is 13.2 Å². The first-order valence-corrected chi connectivity index (χ1v) is 10.2. The molecule has 0 radical (unpaired) electrons. The normalized spacial score (nSPS) is 21.5. The van der Waals surface area contributed by atoms with Crippen molar-refractivity contribution in [3.05, 3.63) is 47.9 Å². The Hall–Kier alpha value is -2.12. The molecule has 1 fully saturated rings. The zero-order valence-corrected chi connectivity index (χ0v) is 16.0. The third-order valence-electron chi connectivity index (χ3n) is 4.65. The molecule has 0 bridgehead atoms. The maximum atomic E-state index is 12.9. The molecule has 1 aliphatic heterocycles. The number of anilines is 1. The molecule has 1 amide bonds. The maximum absolute atomic E-state index is 12.9. The zero-order valence-electron chi connectivity index (χ0n) is 15.2. The van der Waals surface area contributed by atoms with Gasteiger partial charge in [0, 0.05) is 24.3 Å². The number of benzene rings is 1. The standard InChI is InChI=1S/C19H24N2O4S/c1-13-10-14(2)12-21(11-13)26(23,24)17-6-4-16(5-7-17)20-19(22)18-15(3)8-9-25-18/h4-9,13-14H,10-12H2,1-3H3,(H,20,22)/t13-,14+. The van der Waals surface area contributed by atoms with Crippen LogP contribution in [-0.2, 0) is 10.0 Å². The Kier molecular flexibility index (Phi) is 5.20. The van der Waals surface area contributed by atoms with Crippen LogP contribution >= 0.6 is 0 Å². The topological polar surface area (TPSA) is 79.6 Å². The summed E-state index contributed by atoms with van der Waals surface area (Å²) in [7, 11) is -3.52. The number of hydrogen-bond acceptors (Lipinski definition) is 4. The first-order chi connectivity index (χ1) is 12.3. The molecule has 1 N–H and O–H groups in total. The van der Waals surface area contributed by atoms with Gasteiger partial charge < -0.3 is 9.73 Å². The van der Waals surface area contributed by atoms with Gasteiger partial charge in [-0.3, -0.25) is 4.79 Å². The monoisotopic (exact) mass is 376 g/mol. The Balaban J connectivity index is 1.74. The number of furan rings is 1. The summed E-state index contributed by atoms with van der Waals surface area (Å²) in [6, 6.07) is 7.97. The van der Waals surface area contributed by atoms with Crippen molar-refractivity contribution in [1.29, 1.82) is 0 Å². The Morgan fingerprint density at radius 2 is 1.73 bits per heavy atom. The molecule has 26 heavy (non-hydrogen) atoms. The van der Waals surface area contributed by atoms with Gasteiger partial charge in [-0.25, -0.2) is 8.42 Å². The highest BCUT2D eigenvalue weighted by atomic mass is 32.2. The number of sulfonamides is 1. The van der Waals surface area contributed by atoms with Gasteiger partial charge in [0.15, 0.2) is 5.76 Å². The number of rotatable bonds is 4. The van der Waals surface area contributed by atoms with Crippen LogP contribution in [0.3, 0.4) is 0 Å². The molecule has 1 aromatic heterocycles. The van der Waals surface area contributed by atoms with E-state index in [1.54, 1.807) is 29.4 Å². The van der Waals surface area contributed by atoms with Crippen molar-refractivity contribution < 1.29 is 17.6 Å². The highest BCUT2D eigenvalue weighted by Gasteiger charge is 2.31. The summed E-state index contributed by atoms with van der Waals surface area (Å²) < 4.78 is 32.5. The first-order valence-electron chi connectivity index (χ1n) is 8.73. The average molecular weight is 376 g/mol. The second-order valence-corrected chi connectivity index (χ2v) is 9.12. The lowest BCUT2D eigenvalue weighted by atomic mass is 9.94. The average Bonchev–Trinajstić information content (AvgIpc) is 3.00. The van der Waals surface area contributed by atoms with Crippen molar-refractivity contribution in [2.24, 2.45) is 11.8 Å². The van der Waals surface area contributed by atoms with E-state index >= 15 is 0 Å². The lowest BCUT2D eigenvalue weighted by Crippen LogP contribution is -2.42. The van der Waals surface area contributed by atoms with Gasteiger partial charge in [0.05, 0.1) is 11.2 Å². The number of nitrogens with one attached hydrogen (secondary N) is 1. The van der Waals surface area contributed by atoms with E-state index in [1.807, 2.05) is 0 Å². The molecule has 140 valence electrons. The molecule has 3 rings (SSSR count). The van der Waals surface area contributed by atoms with Gasteiger partial charge in [-0.2, -0.15) is 4.31 Å². The largest absolute Gasteiger partial charge is 0.459 e. The fraction of sp³-hybridized carbons (Fsp3) is 0.421. The molecule has 0 saturated carbocycles. The molecule has 6 nitrogen and oxygen atoms in total. The summed E-state index contributed by atoms with van der Waals surface area (Å²) >= 11 is 0. The second-order valence-electron chi connectivity index (χ2n) is 7.18. The summed E-state index contributed by atoms with van der Waals surface area (Å²) in [5.41, 5.74) is 1.26. The number of aryl methyl sites for hydroxylation is 1. The molecule has 1 saturated heterocycles. The van der Waals surface area contributed by atoms with Crippen LogP contribution in [0, 0.1) is 18.8 Å². The number of carbonyl (C=O) groups excluding carboxylic acids is 1. The van der Waals surface area contributed by atoms with Crippen LogP contribution in [0.15, 0.2) is 45.9 Å². The van der Waals surface area contributed by atoms with E-state index in [0.717, 1.165) is 12.0 Å². The highest BCUT2D eigenvalue weighted by molar-refractivity contribution is 7.89. The fourth-order valence-electron chi connectivity index (χ4n) is 3.45. The van der Waals surface area contributed by atoms with Gasteiger partial charge in [0.2, 0.25) is 10.0 Å². The van der Waals surface area contributed by atoms with Crippen LogP contribution in [0.2, 0.25) is 0 Å². The Morgan fingerprint density at radius 3 is 2.27 bits per heavy atom. The molecular weight excluding hydrogens is 352 g/mol. The Labute approximate surface area is 154 Å². The predicted molar refractivity (Wildman–Crippen MR) is 99.5 cm³/mol. The Bertz CT molecular complexity index is 877. The Morgan fingerprint density at radius 1 is 1.12 bits per heavy atom. The molecule has 1 aromatic carbocycles. The first kappa shape index (κ1) is 18.7. The molecule has 2 heterocycles. The van der Waals surface area contributed by atoms with Crippen LogP contribution in [0.25, 0.3) is 0 Å². The SMILES string of the molecule is Cc1ccoc1C(=O)Nc1ccc(S(=O)(=O)N2C[C@H](C)C[C@H](C)C2)cc1. The van der Waals surface area contributed by atoms with Crippen molar-refractivity contribution in [3.63, 3.8) is 0 Å². The molecule has 2 atom stereocenters. The number of hydrogen-bond donors (Lipinski definition) is 1. The van der Waals surface area contributed by atoms with Crippen molar-refractivity contribution >= 4 is 21.6 Å². The molecule has 7 heteroatoms. The van der Waals surface area contributed by atoms with Crippen molar-refractivity contribution in [2.75, 3.05) is 18.4 Å². The van der Waals surface area contributed by atoms with E-state index < -0.39 is 10.0 Å². The highest BCUT2D eigenvalue weighted by Crippen LogP contribution is 2.27. The summed E-state index contributed by atoms with van der Waals surface area (Å²) in [4.78, 5) is 12.4. The van der Waals surface area contributed by atoms with Crippen LogP contribution in [0.1, 0.15) is 36.4 Å². The summed E-state index contributed by atoms with van der Waals surface area (Å²) in [5.74, 6) is 0.590. The number of carbonyl (C=O) groups is 1. The minimum absolute atomic E-state index is 0.242. The quantitative estimate of drug-likeness (QED) is 0.886. The smallest absolute Gasteiger partial charge is 0.291 e. The molecule has 0 spiro atoms. The number of amides is 1. The van der Waals surface area contributed by atoms with Crippen LogP contribution in [0.4, 0.5) is 5.69 Å². The van der Waals surface area contributed by atoms with Crippen LogP contribution < -0.4 is 5.32 Å². The minimum Gasteiger partial charge on any atom is -0.459 e. The molecular formula is C19H24N2O4S. The van der Waals surface area contributed by atoms with Gasteiger partial charge in [0.25, 0.3) is 5.91 Å². The van der Waals surface area contributed by atoms with Gasteiger partial charge in [0.1, 0.15) is 0 Å². The van der Waals surface area contributed by atoms with Gasteiger partial charge in [-0.15, -0.1) is 0 Å². The van der Waals surface area contributed by atoms with Crippen LogP contribution in [0.5, 0.6) is 0 Å². The van der Waals surface area contributed by atoms with E-state index in [0.29, 0.717) is 30.6 Å². The molecule has 2 aromatic rings. The third-order valence-corrected chi connectivity index (χ3v) is 6.50. The van der Waals surface area contributed by atoms with Crippen molar-refractivity contribution in [1.82, 2.24) is 4.31 Å². The summed E-state index contributed by atoms with van der Waals surface area (Å²) in [6.45, 7) is 7.03. The van der Waals surface area contributed by atoms with Crippen LogP contribution in [-0.4, -0.2) is 31.7 Å². The third kappa shape index (κ3) is 3.83. The minimum atomic E-state index is -3.52. The van der Waals surface area contributed by atoms with Gasteiger partial charge >= 0.3 is 0 Å². The van der Waals surface area contributed by atoms with E-state index in [2.05, 4.69) is 19.2 Å². The number of piperidine rings is 1. The number of nitrogens with zero attached hydrogens (tertiary/aromatic N) is 1. The summed E-state index contributed by atoms with van der Waals surface area (Å²) in [5, 5.41) is 2.72. The van der Waals surface area contributed by atoms with Crippen molar-refractivity contribution in [2.45, 2.75) is 32.1 Å². The lowest BCUT2D eigenvalue weighted by Gasteiger charge is -2.34. The van der Waals surface area contributed by atoms with E-state index in [-0.39, 0.29) is 16.6 Å². The fourth-order valence-corrected chi connectivity index (χ4v) is 5.13. The lowest BCUT2D eigenvalue weighted by molar-refractivity contribution is 0.0996. The van der Waals surface area contributed by atoms with Gasteiger partial charge in [-0.05, 0) is 55.5 Å². The van der Waals surface area contributed by atoms with E-state index in [4.69, 9.17) is 4.42 Å². The molecule has 1 aliphatic rings. The van der Waals surface area contributed by atoms with E-state index in [1.165, 1.54) is 18.4 Å². The summed E-state index contributed by atoms with van der Waals surface area (Å²) in [6.07, 6.45) is 2.50. The van der Waals surface area contributed by atoms with Crippen molar-refractivity contribution in [3.8, 4) is 0 Å². The molecule has 0 aliphatic carbocycles. The maximum Gasteiger partial charge on any atom is 0.291 e. The van der Waals surface area contributed by atoms with Gasteiger partial charge in [-0.1, -0.05) is 13.8 Å². The zero-order chi connectivity index (χ0) is 18.9. The second kappa shape index (κ2) is 7.25. The molecule has 0 unspecified atom stereocenters.